The van der Waals surface area contributed by atoms with Crippen molar-refractivity contribution in [2.24, 2.45) is 5.92 Å². The maximum absolute atomic E-state index is 12.8. The molecule has 8 heteroatoms. The lowest BCUT2D eigenvalue weighted by atomic mass is 9.76. The van der Waals surface area contributed by atoms with Crippen LogP contribution in [0.15, 0.2) is 33.9 Å². The van der Waals surface area contributed by atoms with E-state index < -0.39 is 10.0 Å². The maximum atomic E-state index is 12.8. The predicted molar refractivity (Wildman–Crippen MR) is 86.8 cm³/mol. The Hall–Kier alpha value is -1.77. The van der Waals surface area contributed by atoms with E-state index in [4.69, 9.17) is 4.52 Å². The van der Waals surface area contributed by atoms with Crippen molar-refractivity contribution in [1.82, 2.24) is 14.9 Å². The van der Waals surface area contributed by atoms with Gasteiger partial charge in [-0.2, -0.15) is 0 Å². The lowest BCUT2D eigenvalue weighted by molar-refractivity contribution is 0.0283. The highest BCUT2D eigenvalue weighted by atomic mass is 32.2. The van der Waals surface area contributed by atoms with E-state index in [0.717, 1.165) is 5.56 Å². The van der Waals surface area contributed by atoms with Crippen molar-refractivity contribution in [1.29, 1.82) is 0 Å². The van der Waals surface area contributed by atoms with Gasteiger partial charge in [-0.25, -0.2) is 13.1 Å². The summed E-state index contributed by atoms with van der Waals surface area (Å²) in [5.74, 6) is 0.375. The Kier molecular flexibility index (Phi) is 4.71. The fourth-order valence-corrected chi connectivity index (χ4v) is 4.79. The minimum atomic E-state index is -3.74. The van der Waals surface area contributed by atoms with Crippen LogP contribution < -0.4 is 4.72 Å². The third-order valence-electron chi connectivity index (χ3n) is 4.47. The van der Waals surface area contributed by atoms with Gasteiger partial charge in [-0.05, 0) is 56.7 Å². The molecular formula is C16H21N3O4S. The number of aliphatic hydroxyl groups excluding tert-OH is 1. The number of sulfonamides is 1. The van der Waals surface area contributed by atoms with Crippen LogP contribution in [0.3, 0.4) is 0 Å². The molecule has 7 nitrogen and oxygen atoms in total. The Morgan fingerprint density at radius 1 is 1.33 bits per heavy atom. The van der Waals surface area contributed by atoms with Crippen molar-refractivity contribution in [2.45, 2.75) is 50.2 Å². The summed E-state index contributed by atoms with van der Waals surface area (Å²) >= 11 is 0. The molecule has 0 bridgehead atoms. The zero-order chi connectivity index (χ0) is 17.3. The first-order valence-electron chi connectivity index (χ1n) is 7.89. The van der Waals surface area contributed by atoms with Crippen LogP contribution >= 0.6 is 0 Å². The van der Waals surface area contributed by atoms with E-state index >= 15 is 0 Å². The number of nitrogens with zero attached hydrogens (tertiary/aromatic N) is 2. The second-order valence-corrected chi connectivity index (χ2v) is 7.98. The third-order valence-corrected chi connectivity index (χ3v) is 6.20. The summed E-state index contributed by atoms with van der Waals surface area (Å²) in [5, 5.41) is 13.3. The van der Waals surface area contributed by atoms with Gasteiger partial charge in [0.05, 0.1) is 6.10 Å². The van der Waals surface area contributed by atoms with Crippen molar-refractivity contribution < 1.29 is 18.0 Å². The topological polar surface area (TPSA) is 105 Å². The third kappa shape index (κ3) is 3.50. The quantitative estimate of drug-likeness (QED) is 0.814. The normalized spacial score (nSPS) is 22.1. The number of hydrogen-bond acceptors (Lipinski definition) is 6. The van der Waals surface area contributed by atoms with Crippen molar-refractivity contribution in [2.75, 3.05) is 0 Å². The molecule has 24 heavy (non-hydrogen) atoms. The van der Waals surface area contributed by atoms with E-state index in [-0.39, 0.29) is 28.7 Å². The molecule has 0 aliphatic heterocycles. The van der Waals surface area contributed by atoms with Crippen LogP contribution in [0, 0.1) is 19.8 Å². The number of aryl methyl sites for hydroxylation is 2. The zero-order valence-electron chi connectivity index (χ0n) is 13.6. The van der Waals surface area contributed by atoms with E-state index in [9.17, 15) is 13.5 Å². The molecule has 1 aliphatic rings. The largest absolute Gasteiger partial charge is 0.393 e. The van der Waals surface area contributed by atoms with Crippen LogP contribution in [0.4, 0.5) is 0 Å². The molecule has 2 heterocycles. The monoisotopic (exact) mass is 351 g/mol. The molecule has 0 unspecified atom stereocenters. The highest BCUT2D eigenvalue weighted by Gasteiger charge is 2.37. The van der Waals surface area contributed by atoms with E-state index in [1.807, 2.05) is 12.1 Å². The average molecular weight is 351 g/mol. The summed E-state index contributed by atoms with van der Waals surface area (Å²) in [5.41, 5.74) is 1.34. The molecule has 130 valence electrons. The molecule has 3 rings (SSSR count). The summed E-state index contributed by atoms with van der Waals surface area (Å²) in [7, 11) is -3.74. The van der Waals surface area contributed by atoms with Crippen molar-refractivity contribution in [3.05, 3.63) is 41.5 Å². The number of aliphatic hydroxyl groups is 1. The number of nitrogens with one attached hydrogen (secondary N) is 1. The number of aromatic nitrogens is 2. The first-order valence-corrected chi connectivity index (χ1v) is 9.37. The van der Waals surface area contributed by atoms with Crippen LogP contribution in [0.1, 0.15) is 29.9 Å². The summed E-state index contributed by atoms with van der Waals surface area (Å²) in [6, 6.07) is 3.44. The molecule has 2 N–H and O–H groups in total. The minimum absolute atomic E-state index is 0.0992. The van der Waals surface area contributed by atoms with E-state index in [2.05, 4.69) is 14.9 Å². The predicted octanol–water partition coefficient (Wildman–Crippen LogP) is 1.35. The molecule has 1 saturated carbocycles. The fraction of sp³-hybridized carbons (Fsp3) is 0.500. The minimum Gasteiger partial charge on any atom is -0.393 e. The molecule has 0 saturated heterocycles. The zero-order valence-corrected chi connectivity index (χ0v) is 14.5. The van der Waals surface area contributed by atoms with Gasteiger partial charge in [0.1, 0.15) is 10.6 Å². The average Bonchev–Trinajstić information content (AvgIpc) is 2.84. The lowest BCUT2D eigenvalue weighted by Crippen LogP contribution is -2.48. The number of pyridine rings is 1. The Balaban J connectivity index is 1.83. The van der Waals surface area contributed by atoms with Gasteiger partial charge in [0, 0.05) is 18.4 Å². The van der Waals surface area contributed by atoms with Crippen molar-refractivity contribution in [3.8, 4) is 0 Å². The van der Waals surface area contributed by atoms with Crippen molar-refractivity contribution >= 4 is 10.0 Å². The van der Waals surface area contributed by atoms with Crippen LogP contribution in [0.25, 0.3) is 0 Å². The lowest BCUT2D eigenvalue weighted by Gasteiger charge is -2.38. The number of hydrogen-bond donors (Lipinski definition) is 2. The fourth-order valence-electron chi connectivity index (χ4n) is 3.15. The van der Waals surface area contributed by atoms with E-state index in [1.54, 1.807) is 26.2 Å². The Morgan fingerprint density at radius 3 is 2.54 bits per heavy atom. The molecule has 1 aliphatic carbocycles. The first-order chi connectivity index (χ1) is 11.4. The van der Waals surface area contributed by atoms with Crippen LogP contribution in [0.5, 0.6) is 0 Å². The second-order valence-electron chi connectivity index (χ2n) is 6.33. The van der Waals surface area contributed by atoms with Gasteiger partial charge in [-0.15, -0.1) is 0 Å². The van der Waals surface area contributed by atoms with Gasteiger partial charge < -0.3 is 9.63 Å². The molecule has 1 atom stereocenters. The van der Waals surface area contributed by atoms with Crippen LogP contribution in [0.2, 0.25) is 0 Å². The Labute approximate surface area is 141 Å². The second kappa shape index (κ2) is 6.62. The van der Waals surface area contributed by atoms with Gasteiger partial charge in [-0.3, -0.25) is 4.98 Å². The molecule has 1 fully saturated rings. The summed E-state index contributed by atoms with van der Waals surface area (Å²) in [6.45, 7) is 3.19. The van der Waals surface area contributed by atoms with Gasteiger partial charge in [0.2, 0.25) is 10.0 Å². The molecule has 0 radical (unpaired) electrons. The number of rotatable bonds is 6. The Morgan fingerprint density at radius 2 is 2.00 bits per heavy atom. The summed E-state index contributed by atoms with van der Waals surface area (Å²) < 4.78 is 33.3. The standard InChI is InChI=1S/C16H21N3O4S/c1-10-16(11(2)23-18-10)24(21,22)19-15(13-8-14(20)9-13)7-12-3-5-17-6-4-12/h3-6,13-15,19-20H,7-9H2,1-2H3/t13?,14?,15-/m1/s1. The molecule has 0 aromatic carbocycles. The van der Waals surface area contributed by atoms with E-state index in [1.165, 1.54) is 0 Å². The van der Waals surface area contributed by atoms with Crippen LogP contribution in [-0.4, -0.2) is 35.8 Å². The molecular weight excluding hydrogens is 330 g/mol. The van der Waals surface area contributed by atoms with Gasteiger partial charge in [-0.1, -0.05) is 5.16 Å². The van der Waals surface area contributed by atoms with Crippen LogP contribution in [-0.2, 0) is 16.4 Å². The van der Waals surface area contributed by atoms with Crippen molar-refractivity contribution in [3.63, 3.8) is 0 Å². The summed E-state index contributed by atoms with van der Waals surface area (Å²) in [6.07, 6.45) is 4.76. The highest BCUT2D eigenvalue weighted by molar-refractivity contribution is 7.89. The smallest absolute Gasteiger partial charge is 0.246 e. The Bertz CT molecular complexity index is 778. The first kappa shape index (κ1) is 17.1. The highest BCUT2D eigenvalue weighted by Crippen LogP contribution is 2.33. The van der Waals surface area contributed by atoms with E-state index in [0.29, 0.717) is 25.0 Å². The summed E-state index contributed by atoms with van der Waals surface area (Å²) in [4.78, 5) is 4.08. The van der Waals surface area contributed by atoms with Gasteiger partial charge >= 0.3 is 0 Å². The SMILES string of the molecule is Cc1noc(C)c1S(=O)(=O)N[C@H](Cc1ccncc1)C1CC(O)C1. The molecule has 2 aromatic rings. The molecule has 0 amide bonds. The molecule has 2 aromatic heterocycles. The van der Waals surface area contributed by atoms with Gasteiger partial charge in [0.15, 0.2) is 5.76 Å². The molecule has 0 spiro atoms. The van der Waals surface area contributed by atoms with Gasteiger partial charge in [0.25, 0.3) is 0 Å². The maximum Gasteiger partial charge on any atom is 0.246 e.